The lowest BCUT2D eigenvalue weighted by Gasteiger charge is -2.27. The minimum absolute atomic E-state index is 0. The maximum absolute atomic E-state index is 13.3. The van der Waals surface area contributed by atoms with Crippen LogP contribution < -0.4 is 4.90 Å². The van der Waals surface area contributed by atoms with Gasteiger partial charge in [0.1, 0.15) is 0 Å². The minimum atomic E-state index is 0. The third-order valence-corrected chi connectivity index (χ3v) is 6.84. The highest BCUT2D eigenvalue weighted by Gasteiger charge is 2.21. The summed E-state index contributed by atoms with van der Waals surface area (Å²) in [5.74, 6) is 0.119. The van der Waals surface area contributed by atoms with Gasteiger partial charge in [0, 0.05) is 37.6 Å². The van der Waals surface area contributed by atoms with E-state index in [1.807, 2.05) is 42.2 Å². The van der Waals surface area contributed by atoms with Gasteiger partial charge in [-0.3, -0.25) is 14.6 Å². The van der Waals surface area contributed by atoms with Crippen LogP contribution in [0.4, 0.5) is 5.13 Å². The summed E-state index contributed by atoms with van der Waals surface area (Å²) >= 11 is 7.79. The average Bonchev–Trinajstić information content (AvgIpc) is 3.20. The zero-order chi connectivity index (χ0) is 21.6. The van der Waals surface area contributed by atoms with Crippen molar-refractivity contribution in [1.29, 1.82) is 0 Å². The number of ether oxygens (including phenoxy) is 1. The molecule has 1 fully saturated rings. The number of carbonyl (C=O) groups excluding carboxylic acids is 1. The first-order valence-corrected chi connectivity index (χ1v) is 12.0. The molecule has 0 atom stereocenters. The molecule has 1 aliphatic rings. The number of carbonyl (C=O) groups is 1. The van der Waals surface area contributed by atoms with Gasteiger partial charge >= 0.3 is 0 Å². The fraction of sp³-hybridized carbons (Fsp3) is 0.417. The number of aryl methyl sites for hydroxylation is 2. The first-order valence-electron chi connectivity index (χ1n) is 10.8. The smallest absolute Gasteiger partial charge is 0.229 e. The quantitative estimate of drug-likeness (QED) is 0.423. The van der Waals surface area contributed by atoms with E-state index in [-0.39, 0.29) is 18.3 Å². The lowest BCUT2D eigenvalue weighted by molar-refractivity contribution is -0.118. The highest BCUT2D eigenvalue weighted by atomic mass is 35.5. The van der Waals surface area contributed by atoms with Gasteiger partial charge in [0.25, 0.3) is 0 Å². The largest absolute Gasteiger partial charge is 0.379 e. The van der Waals surface area contributed by atoms with Crippen molar-refractivity contribution in [2.24, 2.45) is 0 Å². The molecule has 3 aromatic rings. The number of rotatable bonds is 8. The molecular weight excluding hydrogens is 465 g/mol. The van der Waals surface area contributed by atoms with Crippen LogP contribution in [0, 0.1) is 6.92 Å². The molecule has 0 radical (unpaired) electrons. The van der Waals surface area contributed by atoms with Crippen molar-refractivity contribution in [2.45, 2.75) is 26.2 Å². The van der Waals surface area contributed by atoms with Gasteiger partial charge in [-0.25, -0.2) is 4.98 Å². The molecule has 0 saturated carbocycles. The van der Waals surface area contributed by atoms with E-state index in [0.29, 0.717) is 18.0 Å². The number of thiazole rings is 1. The van der Waals surface area contributed by atoms with Gasteiger partial charge in [-0.15, -0.1) is 12.4 Å². The molecule has 1 aliphatic heterocycles. The Hall–Kier alpha value is -1.70. The molecule has 172 valence electrons. The number of hydrogen-bond donors (Lipinski definition) is 0. The monoisotopic (exact) mass is 493 g/mol. The number of hydrogen-bond acceptors (Lipinski definition) is 5. The van der Waals surface area contributed by atoms with Crippen molar-refractivity contribution in [3.05, 3.63) is 58.6 Å². The Kier molecular flexibility index (Phi) is 9.32. The Balaban J connectivity index is 0.00000289. The van der Waals surface area contributed by atoms with Gasteiger partial charge in [0.05, 0.1) is 23.4 Å². The number of halogens is 2. The molecule has 0 aliphatic carbocycles. The SMILES string of the molecule is Cc1cc(Cl)cc2sc(N(CCCN3CCOCC3)C(=O)CCc3ccccc3)nc12.Cl. The van der Waals surface area contributed by atoms with Gasteiger partial charge < -0.3 is 4.74 Å². The van der Waals surface area contributed by atoms with E-state index >= 15 is 0 Å². The number of amides is 1. The van der Waals surface area contributed by atoms with Gasteiger partial charge in [0.15, 0.2) is 5.13 Å². The van der Waals surface area contributed by atoms with Crippen LogP contribution in [0.5, 0.6) is 0 Å². The van der Waals surface area contributed by atoms with Crippen LogP contribution >= 0.6 is 35.3 Å². The molecule has 1 aromatic heterocycles. The predicted molar refractivity (Wildman–Crippen MR) is 136 cm³/mol. The Morgan fingerprint density at radius 3 is 2.72 bits per heavy atom. The molecule has 4 rings (SSSR count). The first-order chi connectivity index (χ1) is 15.1. The van der Waals surface area contributed by atoms with Crippen molar-refractivity contribution < 1.29 is 9.53 Å². The minimum Gasteiger partial charge on any atom is -0.379 e. The standard InChI is InChI=1S/C24H28ClN3O2S.ClH/c1-18-16-20(25)17-21-23(18)26-24(31-21)28(11-5-10-27-12-14-30-15-13-27)22(29)9-8-19-6-3-2-4-7-19;/h2-4,6-7,16-17H,5,8-15H2,1H3;1H. The van der Waals surface area contributed by atoms with E-state index in [9.17, 15) is 4.79 Å². The molecular formula is C24H29Cl2N3O2S. The van der Waals surface area contributed by atoms with Crippen LogP contribution in [-0.2, 0) is 16.0 Å². The van der Waals surface area contributed by atoms with Gasteiger partial charge in [-0.2, -0.15) is 0 Å². The zero-order valence-corrected chi connectivity index (χ0v) is 20.6. The third kappa shape index (κ3) is 6.42. The number of anilines is 1. The molecule has 5 nitrogen and oxygen atoms in total. The average molecular weight is 494 g/mol. The van der Waals surface area contributed by atoms with Gasteiger partial charge in [-0.05, 0) is 43.0 Å². The van der Waals surface area contributed by atoms with Crippen molar-refractivity contribution in [2.75, 3.05) is 44.3 Å². The second kappa shape index (κ2) is 12.0. The fourth-order valence-electron chi connectivity index (χ4n) is 3.89. The summed E-state index contributed by atoms with van der Waals surface area (Å²) in [7, 11) is 0. The van der Waals surface area contributed by atoms with Crippen LogP contribution in [-0.4, -0.2) is 55.2 Å². The molecule has 32 heavy (non-hydrogen) atoms. The van der Waals surface area contributed by atoms with Gasteiger partial charge in [-0.1, -0.05) is 53.3 Å². The lowest BCUT2D eigenvalue weighted by Crippen LogP contribution is -2.39. The van der Waals surface area contributed by atoms with Crippen LogP contribution in [0.25, 0.3) is 10.2 Å². The van der Waals surface area contributed by atoms with E-state index in [1.165, 1.54) is 5.56 Å². The third-order valence-electron chi connectivity index (χ3n) is 5.60. The molecule has 8 heteroatoms. The number of fused-ring (bicyclic) bond motifs is 1. The summed E-state index contributed by atoms with van der Waals surface area (Å²) in [5, 5.41) is 1.47. The van der Waals surface area contributed by atoms with Crippen LogP contribution in [0.2, 0.25) is 5.02 Å². The van der Waals surface area contributed by atoms with Crippen molar-refractivity contribution in [1.82, 2.24) is 9.88 Å². The second-order valence-electron chi connectivity index (χ2n) is 7.90. The zero-order valence-electron chi connectivity index (χ0n) is 18.3. The highest BCUT2D eigenvalue weighted by Crippen LogP contribution is 2.33. The summed E-state index contributed by atoms with van der Waals surface area (Å²) in [6.07, 6.45) is 2.11. The first kappa shape index (κ1) is 24.9. The van der Waals surface area contributed by atoms with E-state index < -0.39 is 0 Å². The maximum atomic E-state index is 13.3. The summed E-state index contributed by atoms with van der Waals surface area (Å²) in [5.41, 5.74) is 3.14. The maximum Gasteiger partial charge on any atom is 0.229 e. The van der Waals surface area contributed by atoms with Crippen LogP contribution in [0.15, 0.2) is 42.5 Å². The predicted octanol–water partition coefficient (Wildman–Crippen LogP) is 5.37. The Morgan fingerprint density at radius 1 is 1.22 bits per heavy atom. The molecule has 2 aromatic carbocycles. The normalized spacial score (nSPS) is 14.3. The number of aromatic nitrogens is 1. The van der Waals surface area contributed by atoms with E-state index in [2.05, 4.69) is 17.0 Å². The van der Waals surface area contributed by atoms with Crippen LogP contribution in [0.1, 0.15) is 24.0 Å². The van der Waals surface area contributed by atoms with Crippen molar-refractivity contribution in [3.8, 4) is 0 Å². The molecule has 0 spiro atoms. The van der Waals surface area contributed by atoms with E-state index in [1.54, 1.807) is 11.3 Å². The lowest BCUT2D eigenvalue weighted by atomic mass is 10.1. The second-order valence-corrected chi connectivity index (χ2v) is 9.35. The number of nitrogens with zero attached hydrogens (tertiary/aromatic N) is 3. The molecule has 0 bridgehead atoms. The fourth-order valence-corrected chi connectivity index (χ4v) is 5.36. The Labute approximate surface area is 204 Å². The number of morpholine rings is 1. The van der Waals surface area contributed by atoms with Crippen molar-refractivity contribution >= 4 is 56.6 Å². The van der Waals surface area contributed by atoms with Gasteiger partial charge in [0.2, 0.25) is 5.91 Å². The van der Waals surface area contributed by atoms with E-state index in [4.69, 9.17) is 21.3 Å². The molecule has 0 unspecified atom stereocenters. The summed E-state index contributed by atoms with van der Waals surface area (Å²) < 4.78 is 6.46. The molecule has 2 heterocycles. The van der Waals surface area contributed by atoms with E-state index in [0.717, 1.165) is 66.6 Å². The van der Waals surface area contributed by atoms with Crippen LogP contribution in [0.3, 0.4) is 0 Å². The topological polar surface area (TPSA) is 45.7 Å². The molecule has 0 N–H and O–H groups in total. The summed E-state index contributed by atoms with van der Waals surface area (Å²) in [4.78, 5) is 22.4. The highest BCUT2D eigenvalue weighted by molar-refractivity contribution is 7.22. The Morgan fingerprint density at radius 2 is 1.97 bits per heavy atom. The summed E-state index contributed by atoms with van der Waals surface area (Å²) in [6, 6.07) is 14.0. The summed E-state index contributed by atoms with van der Waals surface area (Å²) in [6.45, 7) is 7.13. The molecule has 1 amide bonds. The molecule has 1 saturated heterocycles. The Bertz CT molecular complexity index is 1020. The van der Waals surface area contributed by atoms with Crippen molar-refractivity contribution in [3.63, 3.8) is 0 Å². The number of benzene rings is 2.